The summed E-state index contributed by atoms with van der Waals surface area (Å²) in [7, 11) is 0. The van der Waals surface area contributed by atoms with Crippen LogP contribution in [0.3, 0.4) is 0 Å². The summed E-state index contributed by atoms with van der Waals surface area (Å²) >= 11 is 0. The molecule has 6 heteroatoms. The van der Waals surface area contributed by atoms with Crippen molar-refractivity contribution in [3.05, 3.63) is 55.1 Å². The molecule has 0 bridgehead atoms. The largest absolute Gasteiger partial charge is 0.490 e. The molecule has 0 aliphatic carbocycles. The molecule has 1 aromatic carbocycles. The van der Waals surface area contributed by atoms with Crippen LogP contribution in [0, 0.1) is 0 Å². The summed E-state index contributed by atoms with van der Waals surface area (Å²) in [6.07, 6.45) is 5.57. The van der Waals surface area contributed by atoms with E-state index >= 15 is 0 Å². The zero-order chi connectivity index (χ0) is 16.2. The number of hydrogen-bond donors (Lipinski definition) is 1. The summed E-state index contributed by atoms with van der Waals surface area (Å²) in [6, 6.07) is 14.0. The van der Waals surface area contributed by atoms with Gasteiger partial charge < -0.3 is 10.1 Å². The fourth-order valence-electron chi connectivity index (χ4n) is 2.85. The minimum absolute atomic E-state index is 0.311. The molecule has 3 heterocycles. The van der Waals surface area contributed by atoms with E-state index in [1.165, 1.54) is 6.33 Å². The minimum Gasteiger partial charge on any atom is -0.490 e. The van der Waals surface area contributed by atoms with Crippen molar-refractivity contribution in [2.45, 2.75) is 18.9 Å². The molecular weight excluding hydrogens is 302 g/mol. The molecule has 3 aromatic rings. The van der Waals surface area contributed by atoms with Crippen LogP contribution in [0.2, 0.25) is 0 Å². The minimum atomic E-state index is 0.311. The number of aromatic nitrogens is 4. The first-order valence-corrected chi connectivity index (χ1v) is 8.18. The highest BCUT2D eigenvalue weighted by molar-refractivity contribution is 5.61. The third-order valence-electron chi connectivity index (χ3n) is 4.13. The summed E-state index contributed by atoms with van der Waals surface area (Å²) < 4.78 is 7.70. The van der Waals surface area contributed by atoms with Gasteiger partial charge in [-0.25, -0.2) is 14.6 Å². The van der Waals surface area contributed by atoms with E-state index in [0.717, 1.165) is 48.8 Å². The van der Waals surface area contributed by atoms with E-state index in [9.17, 15) is 0 Å². The molecule has 1 aliphatic rings. The van der Waals surface area contributed by atoms with E-state index < -0.39 is 0 Å². The van der Waals surface area contributed by atoms with Gasteiger partial charge in [-0.2, -0.15) is 5.10 Å². The Morgan fingerprint density at radius 2 is 1.88 bits per heavy atom. The number of ether oxygens (including phenoxy) is 1. The van der Waals surface area contributed by atoms with E-state index in [1.807, 2.05) is 42.5 Å². The molecule has 0 unspecified atom stereocenters. The first kappa shape index (κ1) is 14.8. The standard InChI is InChI=1S/C18H19N5O/c1-2-17(22-18(3-1)23-13-20-12-21-23)14-4-6-15(7-5-14)24-16-8-10-19-11-9-16/h1-7,12-13,16,19H,8-11H2. The number of rotatable bonds is 4. The molecule has 2 aromatic heterocycles. The van der Waals surface area contributed by atoms with Crippen molar-refractivity contribution in [3.8, 4) is 22.8 Å². The molecule has 122 valence electrons. The maximum absolute atomic E-state index is 6.05. The first-order chi connectivity index (χ1) is 11.9. The van der Waals surface area contributed by atoms with Gasteiger partial charge in [0.2, 0.25) is 0 Å². The summed E-state index contributed by atoms with van der Waals surface area (Å²) in [5.74, 6) is 1.66. The van der Waals surface area contributed by atoms with Gasteiger partial charge in [0, 0.05) is 5.56 Å². The fourth-order valence-corrected chi connectivity index (χ4v) is 2.85. The van der Waals surface area contributed by atoms with Crippen LogP contribution in [-0.2, 0) is 0 Å². The number of pyridine rings is 1. The monoisotopic (exact) mass is 321 g/mol. The smallest absolute Gasteiger partial charge is 0.155 e. The predicted octanol–water partition coefficient (Wildman–Crippen LogP) is 2.46. The second kappa shape index (κ2) is 6.80. The summed E-state index contributed by atoms with van der Waals surface area (Å²) in [4.78, 5) is 8.60. The molecule has 0 radical (unpaired) electrons. The molecule has 1 saturated heterocycles. The van der Waals surface area contributed by atoms with Crippen LogP contribution >= 0.6 is 0 Å². The Kier molecular flexibility index (Phi) is 4.20. The van der Waals surface area contributed by atoms with E-state index in [4.69, 9.17) is 4.74 Å². The first-order valence-electron chi connectivity index (χ1n) is 8.18. The molecule has 0 atom stereocenters. The Morgan fingerprint density at radius 3 is 2.62 bits per heavy atom. The van der Waals surface area contributed by atoms with Crippen LogP contribution in [0.25, 0.3) is 17.1 Å². The summed E-state index contributed by atoms with van der Waals surface area (Å²) in [5.41, 5.74) is 1.95. The van der Waals surface area contributed by atoms with Crippen LogP contribution in [0.5, 0.6) is 5.75 Å². The van der Waals surface area contributed by atoms with Crippen LogP contribution in [0.15, 0.2) is 55.1 Å². The third-order valence-corrected chi connectivity index (χ3v) is 4.13. The maximum atomic E-state index is 6.05. The predicted molar refractivity (Wildman–Crippen MR) is 91.1 cm³/mol. The van der Waals surface area contributed by atoms with Gasteiger partial charge in [0.15, 0.2) is 5.82 Å². The average Bonchev–Trinajstić information content (AvgIpc) is 3.18. The summed E-state index contributed by atoms with van der Waals surface area (Å²) in [5, 5.41) is 7.47. The molecule has 1 aliphatic heterocycles. The molecule has 0 saturated carbocycles. The zero-order valence-electron chi connectivity index (χ0n) is 13.3. The van der Waals surface area contributed by atoms with E-state index in [1.54, 1.807) is 11.0 Å². The van der Waals surface area contributed by atoms with Crippen LogP contribution in [0.1, 0.15) is 12.8 Å². The van der Waals surface area contributed by atoms with Crippen LogP contribution in [-0.4, -0.2) is 38.9 Å². The SMILES string of the molecule is c1cc(-c2ccc(OC3CCNCC3)cc2)nc(-n2cncn2)c1. The van der Waals surface area contributed by atoms with Gasteiger partial charge in [-0.1, -0.05) is 6.07 Å². The van der Waals surface area contributed by atoms with Crippen molar-refractivity contribution in [2.24, 2.45) is 0 Å². The lowest BCUT2D eigenvalue weighted by atomic mass is 10.1. The molecule has 4 rings (SSSR count). The third kappa shape index (κ3) is 3.28. The molecule has 1 N–H and O–H groups in total. The number of piperidine rings is 1. The highest BCUT2D eigenvalue weighted by Gasteiger charge is 2.14. The summed E-state index contributed by atoms with van der Waals surface area (Å²) in [6.45, 7) is 2.06. The second-order valence-corrected chi connectivity index (χ2v) is 5.81. The molecule has 1 fully saturated rings. The van der Waals surface area contributed by atoms with Crippen molar-refractivity contribution in [1.82, 2.24) is 25.1 Å². The highest BCUT2D eigenvalue weighted by atomic mass is 16.5. The molecule has 6 nitrogen and oxygen atoms in total. The van der Waals surface area contributed by atoms with Crippen molar-refractivity contribution >= 4 is 0 Å². The van der Waals surface area contributed by atoms with Gasteiger partial charge in [-0.15, -0.1) is 0 Å². The van der Waals surface area contributed by atoms with Gasteiger partial charge in [0.25, 0.3) is 0 Å². The average molecular weight is 321 g/mol. The quantitative estimate of drug-likeness (QED) is 0.799. The van der Waals surface area contributed by atoms with Crippen molar-refractivity contribution < 1.29 is 4.74 Å². The Hall–Kier alpha value is -2.73. The van der Waals surface area contributed by atoms with Gasteiger partial charge in [0.1, 0.15) is 24.5 Å². The Bertz CT molecular complexity index is 779. The Labute approximate surface area is 140 Å². The zero-order valence-corrected chi connectivity index (χ0v) is 13.3. The number of nitrogens with one attached hydrogen (secondary N) is 1. The number of benzene rings is 1. The van der Waals surface area contributed by atoms with Crippen LogP contribution < -0.4 is 10.1 Å². The lowest BCUT2D eigenvalue weighted by molar-refractivity contribution is 0.162. The van der Waals surface area contributed by atoms with E-state index in [-0.39, 0.29) is 0 Å². The van der Waals surface area contributed by atoms with Crippen molar-refractivity contribution in [2.75, 3.05) is 13.1 Å². The lowest BCUT2D eigenvalue weighted by Crippen LogP contribution is -2.34. The van der Waals surface area contributed by atoms with Gasteiger partial charge in [-0.3, -0.25) is 0 Å². The van der Waals surface area contributed by atoms with E-state index in [0.29, 0.717) is 6.10 Å². The van der Waals surface area contributed by atoms with Gasteiger partial charge in [0.05, 0.1) is 5.69 Å². The van der Waals surface area contributed by atoms with Crippen molar-refractivity contribution in [3.63, 3.8) is 0 Å². The normalized spacial score (nSPS) is 15.3. The Balaban J connectivity index is 1.51. The Morgan fingerprint density at radius 1 is 1.04 bits per heavy atom. The topological polar surface area (TPSA) is 64.9 Å². The van der Waals surface area contributed by atoms with Crippen LogP contribution in [0.4, 0.5) is 0 Å². The lowest BCUT2D eigenvalue weighted by Gasteiger charge is -2.23. The second-order valence-electron chi connectivity index (χ2n) is 5.81. The molecule has 24 heavy (non-hydrogen) atoms. The fraction of sp³-hybridized carbons (Fsp3) is 0.278. The van der Waals surface area contributed by atoms with Gasteiger partial charge in [-0.05, 0) is 62.3 Å². The van der Waals surface area contributed by atoms with E-state index in [2.05, 4.69) is 20.4 Å². The molecule has 0 amide bonds. The molecular formula is C18H19N5O. The maximum Gasteiger partial charge on any atom is 0.155 e. The molecule has 0 spiro atoms. The number of nitrogens with zero attached hydrogens (tertiary/aromatic N) is 4. The highest BCUT2D eigenvalue weighted by Crippen LogP contribution is 2.23. The van der Waals surface area contributed by atoms with Gasteiger partial charge >= 0.3 is 0 Å². The van der Waals surface area contributed by atoms with Crippen molar-refractivity contribution in [1.29, 1.82) is 0 Å². The number of hydrogen-bond acceptors (Lipinski definition) is 5.